The molecule has 1 aromatic rings. The fourth-order valence-electron chi connectivity index (χ4n) is 3.49. The van der Waals surface area contributed by atoms with Gasteiger partial charge in [0.1, 0.15) is 5.75 Å². The van der Waals surface area contributed by atoms with Gasteiger partial charge >= 0.3 is 6.18 Å². The summed E-state index contributed by atoms with van der Waals surface area (Å²) >= 11 is 0. The van der Waals surface area contributed by atoms with Gasteiger partial charge in [0.05, 0.1) is 6.61 Å². The van der Waals surface area contributed by atoms with Gasteiger partial charge in [0.15, 0.2) is 0 Å². The molecule has 1 saturated carbocycles. The zero-order chi connectivity index (χ0) is 18.1. The highest BCUT2D eigenvalue weighted by Gasteiger charge is 2.26. The van der Waals surface area contributed by atoms with E-state index in [0.29, 0.717) is 11.7 Å². The van der Waals surface area contributed by atoms with Crippen LogP contribution >= 0.6 is 0 Å². The van der Waals surface area contributed by atoms with Crippen LogP contribution in [-0.4, -0.2) is 12.8 Å². The minimum Gasteiger partial charge on any atom is -0.494 e. The van der Waals surface area contributed by atoms with Crippen LogP contribution < -0.4 is 4.74 Å². The highest BCUT2D eigenvalue weighted by atomic mass is 19.4. The second-order valence-corrected chi connectivity index (χ2v) is 6.97. The second-order valence-electron chi connectivity index (χ2n) is 6.97. The first-order chi connectivity index (χ1) is 12.0. The summed E-state index contributed by atoms with van der Waals surface area (Å²) in [6.45, 7) is 2.27. The van der Waals surface area contributed by atoms with Gasteiger partial charge in [-0.2, -0.15) is 13.2 Å². The van der Waals surface area contributed by atoms with Crippen LogP contribution in [0.3, 0.4) is 0 Å². The second kappa shape index (κ2) is 9.88. The summed E-state index contributed by atoms with van der Waals surface area (Å²) in [5.41, 5.74) is 1.32. The number of rotatable bonds is 8. The quantitative estimate of drug-likeness (QED) is 0.359. The fourth-order valence-corrected chi connectivity index (χ4v) is 3.49. The Labute approximate surface area is 149 Å². The maximum absolute atomic E-state index is 12.1. The minimum absolute atomic E-state index is 0.00173. The molecule has 0 aliphatic heterocycles. The van der Waals surface area contributed by atoms with Gasteiger partial charge in [0.25, 0.3) is 0 Å². The number of ether oxygens (including phenoxy) is 1. The Morgan fingerprint density at radius 3 is 2.32 bits per heavy atom. The van der Waals surface area contributed by atoms with Gasteiger partial charge in [-0.05, 0) is 74.5 Å². The molecule has 2 rings (SSSR count). The molecule has 0 saturated heterocycles. The largest absolute Gasteiger partial charge is 0.494 e. The van der Waals surface area contributed by atoms with Crippen molar-refractivity contribution in [3.63, 3.8) is 0 Å². The SMILES string of the molecule is CC/C=C\C[C@H]1CC[C@H](c2ccc(OCCCC(F)(F)F)cc2)CC1. The average Bonchev–Trinajstić information content (AvgIpc) is 2.59. The molecule has 0 N–H and O–H groups in total. The van der Waals surface area contributed by atoms with Crippen molar-refractivity contribution in [2.24, 2.45) is 5.92 Å². The van der Waals surface area contributed by atoms with E-state index in [1.807, 2.05) is 12.1 Å². The Bertz CT molecular complexity index is 511. The van der Waals surface area contributed by atoms with Crippen LogP contribution in [0.4, 0.5) is 13.2 Å². The van der Waals surface area contributed by atoms with E-state index in [0.717, 1.165) is 12.3 Å². The van der Waals surface area contributed by atoms with E-state index in [1.54, 1.807) is 0 Å². The molecule has 1 aliphatic rings. The van der Waals surface area contributed by atoms with Gasteiger partial charge in [-0.1, -0.05) is 31.2 Å². The van der Waals surface area contributed by atoms with E-state index in [2.05, 4.69) is 31.2 Å². The lowest BCUT2D eigenvalue weighted by molar-refractivity contribution is -0.136. The Morgan fingerprint density at radius 2 is 1.72 bits per heavy atom. The average molecular weight is 354 g/mol. The van der Waals surface area contributed by atoms with E-state index in [-0.39, 0.29) is 13.0 Å². The zero-order valence-electron chi connectivity index (χ0n) is 15.0. The van der Waals surface area contributed by atoms with Gasteiger partial charge in [-0.15, -0.1) is 0 Å². The van der Waals surface area contributed by atoms with Gasteiger partial charge in [-0.3, -0.25) is 0 Å². The molecular formula is C21H29F3O. The third-order valence-electron chi connectivity index (χ3n) is 4.94. The summed E-state index contributed by atoms with van der Waals surface area (Å²) < 4.78 is 41.7. The van der Waals surface area contributed by atoms with Crippen LogP contribution in [-0.2, 0) is 0 Å². The first-order valence-corrected chi connectivity index (χ1v) is 9.42. The molecule has 0 atom stereocenters. The molecule has 1 fully saturated rings. The van der Waals surface area contributed by atoms with Crippen molar-refractivity contribution in [3.8, 4) is 5.75 Å². The van der Waals surface area contributed by atoms with Gasteiger partial charge in [-0.25, -0.2) is 0 Å². The lowest BCUT2D eigenvalue weighted by Gasteiger charge is -2.28. The van der Waals surface area contributed by atoms with Crippen LogP contribution in [0.15, 0.2) is 36.4 Å². The van der Waals surface area contributed by atoms with Crippen molar-refractivity contribution in [2.45, 2.75) is 70.4 Å². The van der Waals surface area contributed by atoms with Crippen molar-refractivity contribution < 1.29 is 17.9 Å². The molecule has 140 valence electrons. The number of hydrogen-bond acceptors (Lipinski definition) is 1. The number of allylic oxidation sites excluding steroid dienone is 2. The third kappa shape index (κ3) is 7.54. The lowest BCUT2D eigenvalue weighted by Crippen LogP contribution is -2.13. The van der Waals surface area contributed by atoms with Crippen molar-refractivity contribution in [3.05, 3.63) is 42.0 Å². The molecule has 0 unspecified atom stereocenters. The monoisotopic (exact) mass is 354 g/mol. The number of benzene rings is 1. The molecule has 0 heterocycles. The van der Waals surface area contributed by atoms with Crippen molar-refractivity contribution in [1.82, 2.24) is 0 Å². The van der Waals surface area contributed by atoms with Crippen LogP contribution in [0.2, 0.25) is 0 Å². The lowest BCUT2D eigenvalue weighted by atomic mass is 9.77. The van der Waals surface area contributed by atoms with Crippen molar-refractivity contribution in [1.29, 1.82) is 0 Å². The highest BCUT2D eigenvalue weighted by Crippen LogP contribution is 2.37. The normalized spacial score (nSPS) is 21.6. The molecule has 1 nitrogen and oxygen atoms in total. The molecule has 4 heteroatoms. The first kappa shape index (κ1) is 19.9. The molecule has 0 spiro atoms. The van der Waals surface area contributed by atoms with E-state index < -0.39 is 12.6 Å². The predicted octanol–water partition coefficient (Wildman–Crippen LogP) is 7.04. The third-order valence-corrected chi connectivity index (χ3v) is 4.94. The van der Waals surface area contributed by atoms with E-state index in [9.17, 15) is 13.2 Å². The van der Waals surface area contributed by atoms with Crippen LogP contribution in [0, 0.1) is 5.92 Å². The van der Waals surface area contributed by atoms with Crippen molar-refractivity contribution in [2.75, 3.05) is 6.61 Å². The first-order valence-electron chi connectivity index (χ1n) is 9.42. The summed E-state index contributed by atoms with van der Waals surface area (Å²) in [4.78, 5) is 0. The molecule has 1 aromatic carbocycles. The fraction of sp³-hybridized carbons (Fsp3) is 0.619. The van der Waals surface area contributed by atoms with Crippen LogP contribution in [0.25, 0.3) is 0 Å². The maximum Gasteiger partial charge on any atom is 0.389 e. The summed E-state index contributed by atoms with van der Waals surface area (Å²) in [5.74, 6) is 2.07. The van der Waals surface area contributed by atoms with Crippen LogP contribution in [0.5, 0.6) is 5.75 Å². The molecular weight excluding hydrogens is 325 g/mol. The molecule has 25 heavy (non-hydrogen) atoms. The van der Waals surface area contributed by atoms with Crippen LogP contribution in [0.1, 0.15) is 69.8 Å². The van der Waals surface area contributed by atoms with E-state index in [1.165, 1.54) is 37.7 Å². The Hall–Kier alpha value is -1.45. The Balaban J connectivity index is 1.72. The molecule has 0 aromatic heterocycles. The highest BCUT2D eigenvalue weighted by molar-refractivity contribution is 5.29. The number of halogens is 3. The van der Waals surface area contributed by atoms with Gasteiger partial charge in [0, 0.05) is 6.42 Å². The summed E-state index contributed by atoms with van der Waals surface area (Å²) in [7, 11) is 0. The summed E-state index contributed by atoms with van der Waals surface area (Å²) in [5, 5.41) is 0. The van der Waals surface area contributed by atoms with E-state index in [4.69, 9.17) is 4.74 Å². The molecule has 0 amide bonds. The molecule has 0 bridgehead atoms. The molecule has 1 aliphatic carbocycles. The number of hydrogen-bond donors (Lipinski definition) is 0. The molecule has 0 radical (unpaired) electrons. The summed E-state index contributed by atoms with van der Waals surface area (Å²) in [6, 6.07) is 7.92. The summed E-state index contributed by atoms with van der Waals surface area (Å²) in [6.07, 6.45) is 6.97. The Morgan fingerprint density at radius 1 is 1.04 bits per heavy atom. The minimum atomic E-state index is -4.10. The topological polar surface area (TPSA) is 9.23 Å². The smallest absolute Gasteiger partial charge is 0.389 e. The maximum atomic E-state index is 12.1. The van der Waals surface area contributed by atoms with E-state index >= 15 is 0 Å². The standard InChI is InChI=1S/C21H29F3O/c1-2-3-4-6-17-7-9-18(10-8-17)19-11-13-20(14-12-19)25-16-5-15-21(22,23)24/h3-4,11-14,17-18H,2,5-10,15-16H2,1H3/b4-3-/t17-,18-. The van der Waals surface area contributed by atoms with Gasteiger partial charge < -0.3 is 4.74 Å². The predicted molar refractivity (Wildman–Crippen MR) is 96.0 cm³/mol. The number of alkyl halides is 3. The van der Waals surface area contributed by atoms with Crippen molar-refractivity contribution >= 4 is 0 Å². The van der Waals surface area contributed by atoms with Gasteiger partial charge in [0.2, 0.25) is 0 Å². The Kier molecular flexibility index (Phi) is 7.86. The zero-order valence-corrected chi connectivity index (χ0v) is 15.0.